The molecule has 0 aliphatic carbocycles. The summed E-state index contributed by atoms with van der Waals surface area (Å²) >= 11 is 0. The number of nitrogens with zero attached hydrogens (tertiary/aromatic N) is 1. The Morgan fingerprint density at radius 1 is 1.00 bits per heavy atom. The molecule has 0 aromatic heterocycles. The maximum absolute atomic E-state index is 12.2. The smallest absolute Gasteiger partial charge is 0.193 e. The number of nitrogens with one attached hydrogen (secondary N) is 1. The number of hydrogen-bond donors (Lipinski definition) is 2. The molecular weight excluding hydrogens is 461 g/mol. The van der Waals surface area contributed by atoms with Crippen molar-refractivity contribution in [1.29, 1.82) is 0 Å². The Morgan fingerprint density at radius 2 is 1.58 bits per heavy atom. The zero-order chi connectivity index (χ0) is 18.3. The van der Waals surface area contributed by atoms with Gasteiger partial charge in [-0.1, -0.05) is 50.2 Å². The van der Waals surface area contributed by atoms with Crippen LogP contribution in [-0.4, -0.2) is 26.7 Å². The number of anilines is 1. The third-order valence-corrected chi connectivity index (χ3v) is 5.71. The molecule has 0 unspecified atom stereocenters. The predicted octanol–water partition coefficient (Wildman–Crippen LogP) is 3.63. The summed E-state index contributed by atoms with van der Waals surface area (Å²) in [4.78, 5) is 4.49. The molecule has 0 amide bonds. The molecule has 26 heavy (non-hydrogen) atoms. The van der Waals surface area contributed by atoms with Crippen LogP contribution in [0.5, 0.6) is 0 Å². The van der Waals surface area contributed by atoms with Gasteiger partial charge in [0.1, 0.15) is 0 Å². The summed E-state index contributed by atoms with van der Waals surface area (Å²) in [5.74, 6) is 0.161. The van der Waals surface area contributed by atoms with Crippen molar-refractivity contribution in [2.45, 2.75) is 31.6 Å². The molecule has 142 valence electrons. The quantitative estimate of drug-likeness (QED) is 0.355. The van der Waals surface area contributed by atoms with Gasteiger partial charge < -0.3 is 11.1 Å². The van der Waals surface area contributed by atoms with Crippen LogP contribution in [0.25, 0.3) is 0 Å². The number of aliphatic imine (C=N–C) groups is 1. The summed E-state index contributed by atoms with van der Waals surface area (Å²) < 4.78 is 24.5. The molecule has 5 nitrogen and oxygen atoms in total. The maximum Gasteiger partial charge on any atom is 0.193 e. The fraction of sp³-hybridized carbons (Fsp3) is 0.316. The van der Waals surface area contributed by atoms with Crippen LogP contribution in [0.1, 0.15) is 25.0 Å². The Balaban J connectivity index is 0.00000338. The second-order valence-electron chi connectivity index (χ2n) is 5.68. The molecule has 0 saturated carbocycles. The Bertz CT molecular complexity index is 815. The van der Waals surface area contributed by atoms with Crippen molar-refractivity contribution in [2.24, 2.45) is 10.7 Å². The maximum atomic E-state index is 12.2. The molecule has 7 heteroatoms. The lowest BCUT2D eigenvalue weighted by molar-refractivity contribution is 0.596. The normalized spacial score (nSPS) is 11.7. The van der Waals surface area contributed by atoms with Crippen LogP contribution in [0.4, 0.5) is 5.69 Å². The number of rotatable bonds is 7. The molecule has 0 aliphatic heterocycles. The number of aryl methyl sites for hydroxylation is 2. The summed E-state index contributed by atoms with van der Waals surface area (Å²) in [6.07, 6.45) is 1.76. The van der Waals surface area contributed by atoms with Crippen molar-refractivity contribution < 1.29 is 8.42 Å². The van der Waals surface area contributed by atoms with Gasteiger partial charge in [0.2, 0.25) is 0 Å². The molecule has 0 spiro atoms. The average Bonchev–Trinajstić information content (AvgIpc) is 2.62. The van der Waals surface area contributed by atoms with E-state index in [0.717, 1.165) is 29.7 Å². The van der Waals surface area contributed by atoms with E-state index in [1.165, 1.54) is 0 Å². The van der Waals surface area contributed by atoms with Crippen LogP contribution >= 0.6 is 24.0 Å². The van der Waals surface area contributed by atoms with Gasteiger partial charge in [-0.15, -0.1) is 24.0 Å². The molecular formula is C19H26IN3O2S. The first kappa shape index (κ1) is 22.4. The van der Waals surface area contributed by atoms with Crippen LogP contribution in [0.15, 0.2) is 58.4 Å². The standard InChI is InChI=1S/C19H25N3O2S.HI/c1-3-15-9-8-10-16(4-2)18(15)22-19(20)21-13-14-25(23,24)17-11-6-5-7-12-17;/h5-12H,3-4,13-14H2,1-2H3,(H3,20,21,22);1H. The second kappa shape index (κ2) is 10.5. The van der Waals surface area contributed by atoms with Crippen molar-refractivity contribution in [3.05, 3.63) is 59.7 Å². The average molecular weight is 487 g/mol. The first-order valence-electron chi connectivity index (χ1n) is 8.43. The Labute approximate surface area is 173 Å². The molecule has 0 saturated heterocycles. The third kappa shape index (κ3) is 5.98. The van der Waals surface area contributed by atoms with Crippen LogP contribution in [0.2, 0.25) is 0 Å². The molecule has 0 aliphatic rings. The van der Waals surface area contributed by atoms with Gasteiger partial charge in [0, 0.05) is 5.69 Å². The zero-order valence-electron chi connectivity index (χ0n) is 15.1. The van der Waals surface area contributed by atoms with Gasteiger partial charge >= 0.3 is 0 Å². The summed E-state index contributed by atoms with van der Waals surface area (Å²) in [6, 6.07) is 14.5. The SMILES string of the molecule is CCc1cccc(CC)c1NC(N)=NCCS(=O)(=O)c1ccccc1.I. The molecule has 2 aromatic rings. The molecule has 3 N–H and O–H groups in total. The van der Waals surface area contributed by atoms with Gasteiger partial charge in [0.05, 0.1) is 17.2 Å². The Morgan fingerprint density at radius 3 is 2.12 bits per heavy atom. The minimum Gasteiger partial charge on any atom is -0.370 e. The van der Waals surface area contributed by atoms with Crippen LogP contribution in [0.3, 0.4) is 0 Å². The molecule has 2 aromatic carbocycles. The van der Waals surface area contributed by atoms with E-state index < -0.39 is 9.84 Å². The van der Waals surface area contributed by atoms with E-state index >= 15 is 0 Å². The molecule has 0 atom stereocenters. The topological polar surface area (TPSA) is 84.5 Å². The minimum atomic E-state index is -3.34. The third-order valence-electron chi connectivity index (χ3n) is 4.00. The van der Waals surface area contributed by atoms with E-state index in [4.69, 9.17) is 5.73 Å². The molecule has 2 rings (SSSR count). The predicted molar refractivity (Wildman–Crippen MR) is 119 cm³/mol. The molecule has 0 bridgehead atoms. The highest BCUT2D eigenvalue weighted by Crippen LogP contribution is 2.22. The Kier molecular flexibility index (Phi) is 9.07. The van der Waals surface area contributed by atoms with E-state index in [1.54, 1.807) is 30.3 Å². The van der Waals surface area contributed by atoms with Crippen LogP contribution in [-0.2, 0) is 22.7 Å². The molecule has 0 radical (unpaired) electrons. The van der Waals surface area contributed by atoms with Gasteiger partial charge in [-0.3, -0.25) is 4.99 Å². The highest BCUT2D eigenvalue weighted by atomic mass is 127. The summed E-state index contributed by atoms with van der Waals surface area (Å²) in [7, 11) is -3.34. The number of benzene rings is 2. The van der Waals surface area contributed by atoms with Crippen LogP contribution < -0.4 is 11.1 Å². The van der Waals surface area contributed by atoms with Crippen molar-refractivity contribution in [3.63, 3.8) is 0 Å². The van der Waals surface area contributed by atoms with Crippen molar-refractivity contribution in [1.82, 2.24) is 0 Å². The fourth-order valence-electron chi connectivity index (χ4n) is 2.60. The van der Waals surface area contributed by atoms with Gasteiger partial charge in [-0.05, 0) is 36.1 Å². The minimum absolute atomic E-state index is 0. The van der Waals surface area contributed by atoms with Gasteiger partial charge in [-0.2, -0.15) is 0 Å². The number of guanidine groups is 1. The highest BCUT2D eigenvalue weighted by molar-refractivity contribution is 14.0. The second-order valence-corrected chi connectivity index (χ2v) is 7.79. The molecule has 0 heterocycles. The number of hydrogen-bond acceptors (Lipinski definition) is 3. The fourth-order valence-corrected chi connectivity index (χ4v) is 3.74. The largest absolute Gasteiger partial charge is 0.370 e. The first-order valence-corrected chi connectivity index (χ1v) is 10.1. The number of halogens is 1. The molecule has 0 fully saturated rings. The van der Waals surface area contributed by atoms with E-state index in [-0.39, 0.29) is 42.2 Å². The van der Waals surface area contributed by atoms with Gasteiger partial charge in [0.25, 0.3) is 0 Å². The Hall–Kier alpha value is -1.61. The number of sulfone groups is 1. The van der Waals surface area contributed by atoms with E-state index in [9.17, 15) is 8.42 Å². The summed E-state index contributed by atoms with van der Waals surface area (Å²) in [5.41, 5.74) is 9.26. The lowest BCUT2D eigenvalue weighted by atomic mass is 10.0. The first-order chi connectivity index (χ1) is 12.0. The van der Waals surface area contributed by atoms with Crippen molar-refractivity contribution >= 4 is 45.5 Å². The van der Waals surface area contributed by atoms with Crippen molar-refractivity contribution in [3.8, 4) is 0 Å². The summed E-state index contributed by atoms with van der Waals surface area (Å²) in [5, 5.41) is 3.14. The summed E-state index contributed by atoms with van der Waals surface area (Å²) in [6.45, 7) is 4.28. The lowest BCUT2D eigenvalue weighted by Crippen LogP contribution is -2.25. The monoisotopic (exact) mass is 487 g/mol. The zero-order valence-corrected chi connectivity index (χ0v) is 18.3. The van der Waals surface area contributed by atoms with E-state index in [0.29, 0.717) is 4.90 Å². The van der Waals surface area contributed by atoms with Crippen molar-refractivity contribution in [2.75, 3.05) is 17.6 Å². The number of para-hydroxylation sites is 1. The number of nitrogens with two attached hydrogens (primary N) is 1. The van der Waals surface area contributed by atoms with Crippen LogP contribution in [0, 0.1) is 0 Å². The highest BCUT2D eigenvalue weighted by Gasteiger charge is 2.13. The van der Waals surface area contributed by atoms with Gasteiger partial charge in [0.15, 0.2) is 15.8 Å². The lowest BCUT2D eigenvalue weighted by Gasteiger charge is -2.14. The van der Waals surface area contributed by atoms with Gasteiger partial charge in [-0.25, -0.2) is 8.42 Å². The van der Waals surface area contributed by atoms with E-state index in [2.05, 4.69) is 36.3 Å². The van der Waals surface area contributed by atoms with E-state index in [1.807, 2.05) is 6.07 Å².